The zero-order chi connectivity index (χ0) is 20.9. The molecule has 6 nitrogen and oxygen atoms in total. The number of fused-ring (bicyclic) bond motifs is 1. The van der Waals surface area contributed by atoms with Crippen LogP contribution in [0.15, 0.2) is 83.9 Å². The summed E-state index contributed by atoms with van der Waals surface area (Å²) >= 11 is 0. The number of rotatable bonds is 5. The number of hydrogen-bond donors (Lipinski definition) is 0. The third kappa shape index (κ3) is 5.66. The van der Waals surface area contributed by atoms with Gasteiger partial charge in [-0.2, -0.15) is 0 Å². The first-order valence-corrected chi connectivity index (χ1v) is 9.66. The molecule has 0 fully saturated rings. The van der Waals surface area contributed by atoms with Crippen LogP contribution >= 0.6 is 24.8 Å². The van der Waals surface area contributed by atoms with Crippen LogP contribution in [0.5, 0.6) is 11.5 Å². The van der Waals surface area contributed by atoms with Crippen LogP contribution in [0.3, 0.4) is 0 Å². The molecule has 1 aliphatic heterocycles. The van der Waals surface area contributed by atoms with E-state index in [-0.39, 0.29) is 30.5 Å². The van der Waals surface area contributed by atoms with Crippen LogP contribution in [0.25, 0.3) is 6.08 Å². The number of nitro groups is 1. The van der Waals surface area contributed by atoms with Gasteiger partial charge in [-0.1, -0.05) is 36.4 Å². The van der Waals surface area contributed by atoms with Crippen LogP contribution in [-0.4, -0.2) is 30.8 Å². The predicted molar refractivity (Wildman–Crippen MR) is 134 cm³/mol. The average molecular weight is 472 g/mol. The normalized spacial score (nSPS) is 12.7. The quantitative estimate of drug-likeness (QED) is 0.328. The van der Waals surface area contributed by atoms with Crippen LogP contribution in [0.1, 0.15) is 11.1 Å². The van der Waals surface area contributed by atoms with Gasteiger partial charge in [-0.05, 0) is 36.4 Å². The molecule has 0 aliphatic carbocycles. The monoisotopic (exact) mass is 471 g/mol. The molecule has 0 aromatic heterocycles. The smallest absolute Gasteiger partial charge is 0.270 e. The Hall–Kier alpha value is -3.35. The molecule has 3 aromatic carbocycles. The van der Waals surface area contributed by atoms with Crippen molar-refractivity contribution in [2.24, 2.45) is 4.99 Å². The Morgan fingerprint density at radius 1 is 1.00 bits per heavy atom. The number of allylic oxidation sites excluding steroid dienone is 1. The Kier molecular flexibility index (Phi) is 8.81. The van der Waals surface area contributed by atoms with Crippen molar-refractivity contribution in [1.29, 1.82) is 0 Å². The van der Waals surface area contributed by atoms with Gasteiger partial charge in [0.05, 0.1) is 17.2 Å². The van der Waals surface area contributed by atoms with Crippen molar-refractivity contribution in [2.75, 3.05) is 25.0 Å². The number of ether oxygens (including phenoxy) is 1. The molecular weight excluding hydrogens is 449 g/mol. The lowest BCUT2D eigenvalue weighted by Gasteiger charge is -2.18. The van der Waals surface area contributed by atoms with Crippen LogP contribution in [0, 0.1) is 10.1 Å². The molecule has 166 valence electrons. The maximum absolute atomic E-state index is 11.3. The van der Waals surface area contributed by atoms with E-state index in [1.54, 1.807) is 6.07 Å². The predicted octanol–water partition coefficient (Wildman–Crippen LogP) is 6.18. The summed E-state index contributed by atoms with van der Waals surface area (Å²) in [4.78, 5) is 17.8. The van der Waals surface area contributed by atoms with E-state index < -0.39 is 4.92 Å². The van der Waals surface area contributed by atoms with Gasteiger partial charge in [0.15, 0.2) is 0 Å². The van der Waals surface area contributed by atoms with Crippen molar-refractivity contribution in [2.45, 2.75) is 0 Å². The van der Waals surface area contributed by atoms with Gasteiger partial charge in [-0.3, -0.25) is 15.1 Å². The number of nitro benzene ring substituents is 1. The molecule has 0 unspecified atom stereocenters. The fraction of sp³-hybridized carbons (Fsp3) is 0.125. The maximum atomic E-state index is 11.3. The second-order valence-corrected chi connectivity index (χ2v) is 6.93. The molecule has 0 amide bonds. The number of non-ortho nitro benzene ring substituents is 1. The van der Waals surface area contributed by atoms with Crippen molar-refractivity contribution in [3.63, 3.8) is 0 Å². The van der Waals surface area contributed by atoms with Crippen molar-refractivity contribution in [1.82, 2.24) is 0 Å². The van der Waals surface area contributed by atoms with Gasteiger partial charge in [-0.25, -0.2) is 0 Å². The average Bonchev–Trinajstić information content (AvgIpc) is 2.92. The molecule has 8 heteroatoms. The molecule has 0 saturated heterocycles. The molecule has 1 aliphatic rings. The minimum absolute atomic E-state index is 0. The third-order valence-electron chi connectivity index (χ3n) is 4.90. The molecule has 1 heterocycles. The van der Waals surface area contributed by atoms with Gasteiger partial charge in [0.1, 0.15) is 11.5 Å². The van der Waals surface area contributed by atoms with Crippen molar-refractivity contribution in [3.05, 3.63) is 100 Å². The number of nitrogens with zero attached hydrogens (tertiary/aromatic N) is 3. The number of benzodiazepines with no additional fused rings is 1. The van der Waals surface area contributed by atoms with E-state index in [2.05, 4.69) is 11.0 Å². The maximum Gasteiger partial charge on any atom is 0.270 e. The minimum Gasteiger partial charge on any atom is -0.457 e. The van der Waals surface area contributed by atoms with Gasteiger partial charge >= 0.3 is 0 Å². The molecule has 0 bridgehead atoms. The van der Waals surface area contributed by atoms with Crippen molar-refractivity contribution >= 4 is 48.0 Å². The SMILES string of the molecule is CN1CCN=C(C=Cc2cc([N+](=O)[O-])ccc2Oc2ccccc2)c2ccccc21.Cl.Cl. The van der Waals surface area contributed by atoms with E-state index >= 15 is 0 Å². The van der Waals surface area contributed by atoms with Crippen LogP contribution in [-0.2, 0) is 0 Å². The second kappa shape index (κ2) is 11.3. The molecule has 32 heavy (non-hydrogen) atoms. The van der Waals surface area contributed by atoms with Gasteiger partial charge in [0, 0.05) is 42.5 Å². The summed E-state index contributed by atoms with van der Waals surface area (Å²) < 4.78 is 5.97. The number of aliphatic imine (C=N–C) groups is 1. The van der Waals surface area contributed by atoms with E-state index in [9.17, 15) is 10.1 Å². The molecular formula is C24H23Cl2N3O3. The zero-order valence-electron chi connectivity index (χ0n) is 17.4. The minimum atomic E-state index is -0.406. The van der Waals surface area contributed by atoms with E-state index in [1.807, 2.05) is 67.7 Å². The molecule has 0 saturated carbocycles. The summed E-state index contributed by atoms with van der Waals surface area (Å²) in [7, 11) is 2.05. The highest BCUT2D eigenvalue weighted by Gasteiger charge is 2.15. The summed E-state index contributed by atoms with van der Waals surface area (Å²) in [6.07, 6.45) is 3.72. The van der Waals surface area contributed by atoms with Gasteiger partial charge in [-0.15, -0.1) is 24.8 Å². The van der Waals surface area contributed by atoms with E-state index in [0.717, 1.165) is 23.5 Å². The van der Waals surface area contributed by atoms with Crippen molar-refractivity contribution < 1.29 is 9.66 Å². The third-order valence-corrected chi connectivity index (χ3v) is 4.90. The van der Waals surface area contributed by atoms with E-state index in [0.29, 0.717) is 23.6 Å². The fourth-order valence-electron chi connectivity index (χ4n) is 3.35. The number of likely N-dealkylation sites (N-methyl/N-ethyl adjacent to an activating group) is 1. The summed E-state index contributed by atoms with van der Waals surface area (Å²) in [6, 6.07) is 22.0. The highest BCUT2D eigenvalue weighted by Crippen LogP contribution is 2.30. The van der Waals surface area contributed by atoms with Crippen LogP contribution in [0.2, 0.25) is 0 Å². The molecule has 3 aromatic rings. The van der Waals surface area contributed by atoms with Gasteiger partial charge < -0.3 is 9.64 Å². The summed E-state index contributed by atoms with van der Waals surface area (Å²) in [5.74, 6) is 1.21. The Morgan fingerprint density at radius 2 is 1.72 bits per heavy atom. The first-order valence-electron chi connectivity index (χ1n) is 9.66. The fourth-order valence-corrected chi connectivity index (χ4v) is 3.35. The lowest BCUT2D eigenvalue weighted by atomic mass is 10.1. The molecule has 0 spiro atoms. The van der Waals surface area contributed by atoms with Gasteiger partial charge in [0.2, 0.25) is 0 Å². The lowest BCUT2D eigenvalue weighted by Crippen LogP contribution is -2.20. The molecule has 0 atom stereocenters. The largest absolute Gasteiger partial charge is 0.457 e. The first kappa shape index (κ1) is 24.9. The second-order valence-electron chi connectivity index (χ2n) is 6.93. The number of hydrogen-bond acceptors (Lipinski definition) is 5. The van der Waals surface area contributed by atoms with Crippen molar-refractivity contribution in [3.8, 4) is 11.5 Å². The summed E-state index contributed by atoms with van der Waals surface area (Å²) in [5.41, 5.74) is 3.61. The highest BCUT2D eigenvalue weighted by molar-refractivity contribution is 6.14. The zero-order valence-corrected chi connectivity index (χ0v) is 19.0. The number of halogens is 2. The number of para-hydroxylation sites is 2. The Bertz CT molecular complexity index is 1130. The Morgan fingerprint density at radius 3 is 2.47 bits per heavy atom. The Balaban J connectivity index is 0.00000181. The summed E-state index contributed by atoms with van der Waals surface area (Å²) in [6.45, 7) is 1.50. The van der Waals surface area contributed by atoms with Gasteiger partial charge in [0.25, 0.3) is 5.69 Å². The molecule has 0 radical (unpaired) electrons. The summed E-state index contributed by atoms with van der Waals surface area (Å²) in [5, 5.41) is 11.3. The first-order chi connectivity index (χ1) is 14.6. The lowest BCUT2D eigenvalue weighted by molar-refractivity contribution is -0.384. The van der Waals surface area contributed by atoms with Crippen LogP contribution < -0.4 is 9.64 Å². The molecule has 4 rings (SSSR count). The topological polar surface area (TPSA) is 68.0 Å². The molecule has 0 N–H and O–H groups in total. The highest BCUT2D eigenvalue weighted by atomic mass is 35.5. The van der Waals surface area contributed by atoms with E-state index in [4.69, 9.17) is 9.73 Å². The number of benzene rings is 3. The standard InChI is InChI=1S/C24H21N3O3.2ClH/c1-26-16-15-25-22(21-9-5-6-10-23(21)26)13-11-18-17-19(27(28)29)12-14-24(18)30-20-7-3-2-4-8-20;;/h2-14,17H,15-16H2,1H3;2*1H. The van der Waals surface area contributed by atoms with Crippen LogP contribution in [0.4, 0.5) is 11.4 Å². The van der Waals surface area contributed by atoms with E-state index in [1.165, 1.54) is 12.1 Å². The number of anilines is 1. The Labute approximate surface area is 199 Å².